The first-order valence-electron chi connectivity index (χ1n) is 3.21. The summed E-state index contributed by atoms with van der Waals surface area (Å²) in [6, 6.07) is 0. The Hall–Kier alpha value is -0.580. The zero-order chi connectivity index (χ0) is 8.43. The van der Waals surface area contributed by atoms with Crippen LogP contribution in [0.2, 0.25) is 5.15 Å². The highest BCUT2D eigenvalue weighted by Crippen LogP contribution is 2.19. The Bertz CT molecular complexity index is 228. The number of imidazole rings is 1. The third-order valence-electron chi connectivity index (χ3n) is 1.47. The van der Waals surface area contributed by atoms with Crippen LogP contribution < -0.4 is 5.73 Å². The minimum Gasteiger partial charge on any atom is -0.385 e. The van der Waals surface area contributed by atoms with Crippen molar-refractivity contribution < 1.29 is 5.11 Å². The number of hydrogen-bond donors (Lipinski definition) is 2. The highest BCUT2D eigenvalue weighted by molar-refractivity contribution is 6.30. The van der Waals surface area contributed by atoms with Crippen LogP contribution in [0.5, 0.6) is 0 Å². The summed E-state index contributed by atoms with van der Waals surface area (Å²) in [5, 5.41) is 9.62. The number of aryl methyl sites for hydroxylation is 1. The van der Waals surface area contributed by atoms with Crippen molar-refractivity contribution >= 4 is 11.6 Å². The molecule has 0 unspecified atom stereocenters. The molecule has 0 aliphatic carbocycles. The van der Waals surface area contributed by atoms with Gasteiger partial charge in [0, 0.05) is 13.6 Å². The van der Waals surface area contributed by atoms with Gasteiger partial charge in [-0.25, -0.2) is 4.98 Å². The largest absolute Gasteiger partial charge is 0.385 e. The van der Waals surface area contributed by atoms with E-state index in [1.165, 1.54) is 6.33 Å². The summed E-state index contributed by atoms with van der Waals surface area (Å²) >= 11 is 5.67. The van der Waals surface area contributed by atoms with Crippen LogP contribution in [0.15, 0.2) is 6.33 Å². The summed E-state index contributed by atoms with van der Waals surface area (Å²) in [7, 11) is 1.76. The van der Waals surface area contributed by atoms with Gasteiger partial charge in [-0.05, 0) is 0 Å². The summed E-state index contributed by atoms with van der Waals surface area (Å²) in [6.07, 6.45) is 0.811. The number of hydrogen-bond acceptors (Lipinski definition) is 3. The standard InChI is InChI=1S/C6H10ClN3O/c1-10-3-9-6(7)5(10)4(11)2-8/h3-4,11H,2,8H2,1H3/t4-/m1/s1. The van der Waals surface area contributed by atoms with E-state index in [-0.39, 0.29) is 6.54 Å². The van der Waals surface area contributed by atoms with Crippen LogP contribution in [-0.4, -0.2) is 21.2 Å². The molecule has 1 aromatic rings. The number of aliphatic hydroxyl groups is 1. The molecule has 5 heteroatoms. The van der Waals surface area contributed by atoms with Crippen molar-refractivity contribution in [1.29, 1.82) is 0 Å². The van der Waals surface area contributed by atoms with Gasteiger partial charge in [-0.3, -0.25) is 0 Å². The molecule has 1 rings (SSSR count). The van der Waals surface area contributed by atoms with Gasteiger partial charge in [-0.2, -0.15) is 0 Å². The lowest BCUT2D eigenvalue weighted by Gasteiger charge is -2.07. The molecule has 0 aliphatic heterocycles. The minimum absolute atomic E-state index is 0.152. The third-order valence-corrected chi connectivity index (χ3v) is 1.77. The molecule has 0 aliphatic rings. The average Bonchev–Trinajstić information content (AvgIpc) is 2.30. The maximum atomic E-state index is 9.31. The monoisotopic (exact) mass is 175 g/mol. The van der Waals surface area contributed by atoms with E-state index < -0.39 is 6.10 Å². The molecule has 1 atom stereocenters. The lowest BCUT2D eigenvalue weighted by Crippen LogP contribution is -2.14. The molecule has 0 aromatic carbocycles. The number of nitrogens with zero attached hydrogens (tertiary/aromatic N) is 2. The Kier molecular flexibility index (Phi) is 2.49. The second kappa shape index (κ2) is 3.21. The number of aliphatic hydroxyl groups excluding tert-OH is 1. The number of halogens is 1. The van der Waals surface area contributed by atoms with Gasteiger partial charge < -0.3 is 15.4 Å². The van der Waals surface area contributed by atoms with Crippen LogP contribution in [0, 0.1) is 0 Å². The Labute approximate surface area is 69.6 Å². The molecular weight excluding hydrogens is 166 g/mol. The molecule has 62 valence electrons. The fourth-order valence-electron chi connectivity index (χ4n) is 0.895. The van der Waals surface area contributed by atoms with Gasteiger partial charge in [-0.15, -0.1) is 0 Å². The summed E-state index contributed by atoms with van der Waals surface area (Å²) in [6.45, 7) is 0.152. The SMILES string of the molecule is Cn1cnc(Cl)c1[C@H](O)CN. The van der Waals surface area contributed by atoms with E-state index in [1.54, 1.807) is 11.6 Å². The maximum absolute atomic E-state index is 9.31. The number of aromatic nitrogens is 2. The predicted octanol–water partition coefficient (Wildman–Crippen LogP) is 0.0656. The molecule has 0 saturated heterocycles. The molecule has 0 spiro atoms. The van der Waals surface area contributed by atoms with Crippen molar-refractivity contribution in [3.05, 3.63) is 17.2 Å². The van der Waals surface area contributed by atoms with Gasteiger partial charge in [0.1, 0.15) is 6.10 Å². The summed E-state index contributed by atoms with van der Waals surface area (Å²) in [5.41, 5.74) is 5.82. The molecule has 0 fully saturated rings. The third kappa shape index (κ3) is 1.53. The van der Waals surface area contributed by atoms with E-state index in [1.807, 2.05) is 0 Å². The summed E-state index contributed by atoms with van der Waals surface area (Å²) < 4.78 is 1.65. The van der Waals surface area contributed by atoms with Gasteiger partial charge in [0.25, 0.3) is 0 Å². The molecule has 1 aromatic heterocycles. The van der Waals surface area contributed by atoms with Gasteiger partial charge in [0.05, 0.1) is 12.0 Å². The molecule has 0 bridgehead atoms. The Morgan fingerprint density at radius 1 is 1.91 bits per heavy atom. The van der Waals surface area contributed by atoms with Gasteiger partial charge in [-0.1, -0.05) is 11.6 Å². The van der Waals surface area contributed by atoms with E-state index in [0.717, 1.165) is 0 Å². The van der Waals surface area contributed by atoms with E-state index in [4.69, 9.17) is 17.3 Å². The molecule has 0 saturated carbocycles. The van der Waals surface area contributed by atoms with E-state index >= 15 is 0 Å². The minimum atomic E-state index is -0.727. The van der Waals surface area contributed by atoms with Crippen molar-refractivity contribution in [2.24, 2.45) is 12.8 Å². The van der Waals surface area contributed by atoms with Crippen molar-refractivity contribution in [3.63, 3.8) is 0 Å². The zero-order valence-electron chi connectivity index (χ0n) is 6.16. The smallest absolute Gasteiger partial charge is 0.152 e. The summed E-state index contributed by atoms with van der Waals surface area (Å²) in [4.78, 5) is 3.80. The van der Waals surface area contributed by atoms with Crippen LogP contribution in [0.25, 0.3) is 0 Å². The van der Waals surface area contributed by atoms with Gasteiger partial charge >= 0.3 is 0 Å². The first-order valence-corrected chi connectivity index (χ1v) is 3.59. The van der Waals surface area contributed by atoms with Crippen LogP contribution in [0.4, 0.5) is 0 Å². The highest BCUT2D eigenvalue weighted by atomic mass is 35.5. The van der Waals surface area contributed by atoms with E-state index in [9.17, 15) is 5.11 Å². The predicted molar refractivity (Wildman–Crippen MR) is 42.2 cm³/mol. The lowest BCUT2D eigenvalue weighted by atomic mass is 10.3. The van der Waals surface area contributed by atoms with Crippen LogP contribution in [0.1, 0.15) is 11.8 Å². The second-order valence-corrected chi connectivity index (χ2v) is 2.64. The Morgan fingerprint density at radius 3 is 2.91 bits per heavy atom. The van der Waals surface area contributed by atoms with Crippen LogP contribution in [0.3, 0.4) is 0 Å². The molecule has 1 heterocycles. The van der Waals surface area contributed by atoms with Crippen molar-refractivity contribution in [3.8, 4) is 0 Å². The normalized spacial score (nSPS) is 13.5. The average molecular weight is 176 g/mol. The van der Waals surface area contributed by atoms with Crippen molar-refractivity contribution in [2.45, 2.75) is 6.10 Å². The van der Waals surface area contributed by atoms with E-state index in [2.05, 4.69) is 4.98 Å². The molecule has 11 heavy (non-hydrogen) atoms. The second-order valence-electron chi connectivity index (χ2n) is 2.28. The molecule has 3 N–H and O–H groups in total. The van der Waals surface area contributed by atoms with E-state index in [0.29, 0.717) is 10.8 Å². The molecule has 0 radical (unpaired) electrons. The molecule has 0 amide bonds. The first kappa shape index (κ1) is 8.52. The Morgan fingerprint density at radius 2 is 2.55 bits per heavy atom. The van der Waals surface area contributed by atoms with Gasteiger partial charge in [0.15, 0.2) is 5.15 Å². The fraction of sp³-hybridized carbons (Fsp3) is 0.500. The maximum Gasteiger partial charge on any atom is 0.152 e. The number of rotatable bonds is 2. The quantitative estimate of drug-likeness (QED) is 0.669. The van der Waals surface area contributed by atoms with Gasteiger partial charge in [0.2, 0.25) is 0 Å². The molecule has 4 nitrogen and oxygen atoms in total. The lowest BCUT2D eigenvalue weighted by molar-refractivity contribution is 0.178. The molecular formula is C6H10ClN3O. The van der Waals surface area contributed by atoms with Crippen LogP contribution in [-0.2, 0) is 7.05 Å². The Balaban J connectivity index is 3.00. The zero-order valence-corrected chi connectivity index (χ0v) is 6.91. The topological polar surface area (TPSA) is 64.1 Å². The van der Waals surface area contributed by atoms with Crippen LogP contribution >= 0.6 is 11.6 Å². The van der Waals surface area contributed by atoms with Crippen molar-refractivity contribution in [2.75, 3.05) is 6.54 Å². The fourth-order valence-corrected chi connectivity index (χ4v) is 1.20. The first-order chi connectivity index (χ1) is 5.16. The van der Waals surface area contributed by atoms with Crippen molar-refractivity contribution in [1.82, 2.24) is 9.55 Å². The summed E-state index contributed by atoms with van der Waals surface area (Å²) in [5.74, 6) is 0. The number of nitrogens with two attached hydrogens (primary N) is 1. The highest BCUT2D eigenvalue weighted by Gasteiger charge is 2.14.